The molecule has 0 aliphatic carbocycles. The standard InChI is InChI=1S/C12H17N3O5S/c1-6(2)10-15(7(5-21-10)11(18)19)9(17)4-14-8(16)3-13-12(14)20/h6-7,10H,3-5H2,1-2H3,(H,13,20)(H,18,19). The first-order valence-electron chi connectivity index (χ1n) is 6.56. The van der Waals surface area contributed by atoms with E-state index in [1.54, 1.807) is 0 Å². The van der Waals surface area contributed by atoms with E-state index in [-0.39, 0.29) is 17.8 Å². The molecular weight excluding hydrogens is 298 g/mol. The highest BCUT2D eigenvalue weighted by atomic mass is 32.2. The average Bonchev–Trinajstić information content (AvgIpc) is 2.97. The van der Waals surface area contributed by atoms with E-state index < -0.39 is 36.4 Å². The number of nitrogens with one attached hydrogen (secondary N) is 1. The van der Waals surface area contributed by atoms with Crippen LogP contribution in [0.4, 0.5) is 4.79 Å². The summed E-state index contributed by atoms with van der Waals surface area (Å²) in [5, 5.41) is 11.3. The van der Waals surface area contributed by atoms with Gasteiger partial charge in [-0.25, -0.2) is 9.59 Å². The smallest absolute Gasteiger partial charge is 0.327 e. The molecule has 2 saturated heterocycles. The number of hydrogen-bond donors (Lipinski definition) is 2. The summed E-state index contributed by atoms with van der Waals surface area (Å²) in [6, 6.07) is -1.54. The van der Waals surface area contributed by atoms with Crippen molar-refractivity contribution < 1.29 is 24.3 Å². The van der Waals surface area contributed by atoms with Crippen LogP contribution in [0, 0.1) is 5.92 Å². The van der Waals surface area contributed by atoms with E-state index in [2.05, 4.69) is 5.32 Å². The lowest BCUT2D eigenvalue weighted by Crippen LogP contribution is -2.51. The molecule has 2 aliphatic heterocycles. The van der Waals surface area contributed by atoms with Crippen molar-refractivity contribution in [3.8, 4) is 0 Å². The highest BCUT2D eigenvalue weighted by Crippen LogP contribution is 2.34. The van der Waals surface area contributed by atoms with E-state index in [0.717, 1.165) is 4.90 Å². The topological polar surface area (TPSA) is 107 Å². The van der Waals surface area contributed by atoms with Crippen LogP contribution >= 0.6 is 11.8 Å². The molecule has 2 heterocycles. The molecule has 116 valence electrons. The van der Waals surface area contributed by atoms with E-state index in [0.29, 0.717) is 5.75 Å². The van der Waals surface area contributed by atoms with Gasteiger partial charge in [0.2, 0.25) is 5.91 Å². The second kappa shape index (κ2) is 5.92. The third-order valence-electron chi connectivity index (χ3n) is 3.41. The molecule has 0 aromatic rings. The van der Waals surface area contributed by atoms with Gasteiger partial charge in [-0.1, -0.05) is 13.8 Å². The maximum absolute atomic E-state index is 12.4. The molecule has 2 aliphatic rings. The number of carboxylic acids is 1. The van der Waals surface area contributed by atoms with Gasteiger partial charge in [0.05, 0.1) is 11.9 Å². The second-order valence-electron chi connectivity index (χ2n) is 5.26. The van der Waals surface area contributed by atoms with Gasteiger partial charge in [-0.05, 0) is 5.92 Å². The summed E-state index contributed by atoms with van der Waals surface area (Å²) < 4.78 is 0. The summed E-state index contributed by atoms with van der Waals surface area (Å²) in [6.07, 6.45) is 0. The van der Waals surface area contributed by atoms with Gasteiger partial charge in [-0.3, -0.25) is 14.5 Å². The average molecular weight is 315 g/mol. The molecule has 21 heavy (non-hydrogen) atoms. The normalized spacial score (nSPS) is 25.7. The number of aliphatic carboxylic acids is 1. The fraction of sp³-hybridized carbons (Fsp3) is 0.667. The summed E-state index contributed by atoms with van der Waals surface area (Å²) >= 11 is 1.40. The van der Waals surface area contributed by atoms with Crippen molar-refractivity contribution in [3.63, 3.8) is 0 Å². The van der Waals surface area contributed by atoms with Crippen LogP contribution in [-0.4, -0.2) is 69.0 Å². The SMILES string of the molecule is CC(C)C1SCC(C(=O)O)N1C(=O)CN1C(=O)CNC1=O. The lowest BCUT2D eigenvalue weighted by Gasteiger charge is -2.30. The maximum atomic E-state index is 12.4. The van der Waals surface area contributed by atoms with E-state index >= 15 is 0 Å². The van der Waals surface area contributed by atoms with Crippen LogP contribution in [0.2, 0.25) is 0 Å². The Kier molecular flexibility index (Phi) is 4.40. The molecule has 2 fully saturated rings. The summed E-state index contributed by atoms with van der Waals surface area (Å²) in [5.41, 5.74) is 0. The minimum atomic E-state index is -1.07. The number of thioether (sulfide) groups is 1. The molecular formula is C12H17N3O5S. The van der Waals surface area contributed by atoms with Gasteiger partial charge in [-0.15, -0.1) is 11.8 Å². The predicted octanol–water partition coefficient (Wildman–Crippen LogP) is -0.451. The van der Waals surface area contributed by atoms with Gasteiger partial charge in [-0.2, -0.15) is 0 Å². The number of carboxylic acid groups (broad SMARTS) is 1. The summed E-state index contributed by atoms with van der Waals surface area (Å²) in [6.45, 7) is 3.25. The van der Waals surface area contributed by atoms with Crippen LogP contribution < -0.4 is 5.32 Å². The Bertz CT molecular complexity index is 479. The minimum Gasteiger partial charge on any atom is -0.480 e. The van der Waals surface area contributed by atoms with Crippen molar-refractivity contribution in [3.05, 3.63) is 0 Å². The summed E-state index contributed by atoms with van der Waals surface area (Å²) in [7, 11) is 0. The predicted molar refractivity (Wildman–Crippen MR) is 74.5 cm³/mol. The molecule has 4 amide bonds. The van der Waals surface area contributed by atoms with E-state index in [1.807, 2.05) is 13.8 Å². The number of nitrogens with zero attached hydrogens (tertiary/aromatic N) is 2. The molecule has 2 N–H and O–H groups in total. The number of carbonyl (C=O) groups excluding carboxylic acids is 3. The van der Waals surface area contributed by atoms with Crippen LogP contribution in [-0.2, 0) is 14.4 Å². The number of rotatable bonds is 4. The van der Waals surface area contributed by atoms with Crippen molar-refractivity contribution >= 4 is 35.6 Å². The first-order valence-corrected chi connectivity index (χ1v) is 7.61. The maximum Gasteiger partial charge on any atom is 0.327 e. The zero-order valence-corrected chi connectivity index (χ0v) is 12.6. The highest BCUT2D eigenvalue weighted by molar-refractivity contribution is 8.00. The monoisotopic (exact) mass is 315 g/mol. The summed E-state index contributed by atoms with van der Waals surface area (Å²) in [5.74, 6) is -1.68. The minimum absolute atomic E-state index is 0.0754. The van der Waals surface area contributed by atoms with Crippen LogP contribution in [0.3, 0.4) is 0 Å². The Labute approximate surface area is 125 Å². The van der Waals surface area contributed by atoms with Gasteiger partial charge in [0, 0.05) is 5.75 Å². The van der Waals surface area contributed by atoms with Crippen LogP contribution in [0.25, 0.3) is 0 Å². The molecule has 2 rings (SSSR count). The van der Waals surface area contributed by atoms with Crippen molar-refractivity contribution in [1.29, 1.82) is 0 Å². The lowest BCUT2D eigenvalue weighted by atomic mass is 10.1. The first-order chi connectivity index (χ1) is 9.82. The van der Waals surface area contributed by atoms with E-state index in [9.17, 15) is 24.3 Å². The van der Waals surface area contributed by atoms with Crippen molar-refractivity contribution in [2.75, 3.05) is 18.8 Å². The van der Waals surface area contributed by atoms with Gasteiger partial charge < -0.3 is 15.3 Å². The Balaban J connectivity index is 2.15. The van der Waals surface area contributed by atoms with E-state index in [1.165, 1.54) is 16.7 Å². The third-order valence-corrected chi connectivity index (χ3v) is 5.03. The van der Waals surface area contributed by atoms with Crippen molar-refractivity contribution in [2.24, 2.45) is 5.92 Å². The number of hydrogen-bond acceptors (Lipinski definition) is 5. The first kappa shape index (κ1) is 15.6. The third kappa shape index (κ3) is 2.97. The van der Waals surface area contributed by atoms with Crippen molar-refractivity contribution in [2.45, 2.75) is 25.3 Å². The molecule has 0 spiro atoms. The Hall–Kier alpha value is -1.77. The second-order valence-corrected chi connectivity index (χ2v) is 6.41. The molecule has 9 heteroatoms. The molecule has 0 bridgehead atoms. The molecule has 0 aromatic carbocycles. The Morgan fingerprint density at radius 2 is 2.10 bits per heavy atom. The Morgan fingerprint density at radius 3 is 2.57 bits per heavy atom. The molecule has 2 atom stereocenters. The van der Waals surface area contributed by atoms with Gasteiger partial charge in [0.25, 0.3) is 5.91 Å². The zero-order valence-electron chi connectivity index (χ0n) is 11.7. The largest absolute Gasteiger partial charge is 0.480 e. The number of carbonyl (C=O) groups is 4. The summed E-state index contributed by atoms with van der Waals surface area (Å²) in [4.78, 5) is 48.8. The highest BCUT2D eigenvalue weighted by Gasteiger charge is 2.44. The van der Waals surface area contributed by atoms with E-state index in [4.69, 9.17) is 0 Å². The molecule has 2 unspecified atom stereocenters. The zero-order chi connectivity index (χ0) is 15.7. The number of urea groups is 1. The fourth-order valence-corrected chi connectivity index (χ4v) is 3.87. The molecule has 0 radical (unpaired) electrons. The Morgan fingerprint density at radius 1 is 1.43 bits per heavy atom. The quantitative estimate of drug-likeness (QED) is 0.680. The van der Waals surface area contributed by atoms with Gasteiger partial charge in [0.15, 0.2) is 0 Å². The molecule has 0 saturated carbocycles. The fourth-order valence-electron chi connectivity index (χ4n) is 2.38. The van der Waals surface area contributed by atoms with Crippen LogP contribution in [0.15, 0.2) is 0 Å². The van der Waals surface area contributed by atoms with Gasteiger partial charge in [0.1, 0.15) is 12.6 Å². The van der Waals surface area contributed by atoms with Crippen LogP contribution in [0.1, 0.15) is 13.8 Å². The molecule has 0 aromatic heterocycles. The molecule has 8 nitrogen and oxygen atoms in total. The number of amides is 4. The van der Waals surface area contributed by atoms with Crippen LogP contribution in [0.5, 0.6) is 0 Å². The van der Waals surface area contributed by atoms with Crippen molar-refractivity contribution in [1.82, 2.24) is 15.1 Å². The number of imide groups is 1. The van der Waals surface area contributed by atoms with Gasteiger partial charge >= 0.3 is 12.0 Å². The lowest BCUT2D eigenvalue weighted by molar-refractivity contribution is -0.150.